The van der Waals surface area contributed by atoms with Gasteiger partial charge in [0.2, 0.25) is 0 Å². The first-order chi connectivity index (χ1) is 10.7. The Hall–Kier alpha value is -1.88. The normalized spacial score (nSPS) is 13.0. The lowest BCUT2D eigenvalue weighted by molar-refractivity contribution is 0.699. The van der Waals surface area contributed by atoms with E-state index in [1.54, 1.807) is 18.4 Å². The van der Waals surface area contributed by atoms with Crippen LogP contribution in [0, 0.1) is 6.92 Å². The second-order valence-corrected chi connectivity index (χ2v) is 6.18. The highest BCUT2D eigenvalue weighted by atomic mass is 32.1. The molecule has 5 heteroatoms. The molecule has 22 heavy (non-hydrogen) atoms. The molecule has 2 rings (SSSR count). The van der Waals surface area contributed by atoms with Gasteiger partial charge in [0.25, 0.3) is 0 Å². The van der Waals surface area contributed by atoms with Crippen LogP contribution in [-0.2, 0) is 6.42 Å². The molecule has 2 aromatic heterocycles. The molecule has 1 unspecified atom stereocenters. The van der Waals surface area contributed by atoms with Crippen LogP contribution in [0.25, 0.3) is 0 Å². The Labute approximate surface area is 136 Å². The molecule has 0 bridgehead atoms. The lowest BCUT2D eigenvalue weighted by Crippen LogP contribution is -2.39. The number of pyridine rings is 1. The predicted octanol–water partition coefficient (Wildman–Crippen LogP) is 2.96. The average molecular weight is 316 g/mol. The SMILES string of the molecule is CN=C(NCCc1ccc(C)nc1)NCC(C)c1ccsc1. The standard InChI is InChI=1S/C17H24N4S/c1-13(16-7-9-22-12-16)10-21-17(18-3)19-8-6-15-5-4-14(2)20-11-15/h4-5,7,9,11-13H,6,8,10H2,1-3H3,(H2,18,19,21). The van der Waals surface area contributed by atoms with Crippen molar-refractivity contribution in [3.05, 3.63) is 52.0 Å². The summed E-state index contributed by atoms with van der Waals surface area (Å²) in [5.41, 5.74) is 3.66. The lowest BCUT2D eigenvalue weighted by Gasteiger charge is -2.15. The van der Waals surface area contributed by atoms with Crippen molar-refractivity contribution >= 4 is 17.3 Å². The van der Waals surface area contributed by atoms with E-state index in [9.17, 15) is 0 Å². The summed E-state index contributed by atoms with van der Waals surface area (Å²) in [5.74, 6) is 1.33. The van der Waals surface area contributed by atoms with Gasteiger partial charge in [0, 0.05) is 32.0 Å². The van der Waals surface area contributed by atoms with Gasteiger partial charge in [-0.1, -0.05) is 13.0 Å². The number of thiophene rings is 1. The molecule has 2 aromatic rings. The van der Waals surface area contributed by atoms with Gasteiger partial charge in [0.05, 0.1) is 0 Å². The molecule has 0 aliphatic carbocycles. The van der Waals surface area contributed by atoms with Gasteiger partial charge in [0.1, 0.15) is 0 Å². The second kappa shape index (κ2) is 8.54. The van der Waals surface area contributed by atoms with E-state index < -0.39 is 0 Å². The van der Waals surface area contributed by atoms with E-state index in [-0.39, 0.29) is 0 Å². The number of nitrogens with one attached hydrogen (secondary N) is 2. The van der Waals surface area contributed by atoms with Crippen LogP contribution < -0.4 is 10.6 Å². The van der Waals surface area contributed by atoms with Crippen molar-refractivity contribution in [2.24, 2.45) is 4.99 Å². The van der Waals surface area contributed by atoms with Crippen LogP contribution in [0.1, 0.15) is 29.7 Å². The first-order valence-corrected chi connectivity index (χ1v) is 8.51. The van der Waals surface area contributed by atoms with Crippen molar-refractivity contribution in [3.8, 4) is 0 Å². The number of aliphatic imine (C=N–C) groups is 1. The third-order valence-corrected chi connectivity index (χ3v) is 4.29. The van der Waals surface area contributed by atoms with Crippen molar-refractivity contribution in [3.63, 3.8) is 0 Å². The van der Waals surface area contributed by atoms with Gasteiger partial charge in [-0.3, -0.25) is 9.98 Å². The monoisotopic (exact) mass is 316 g/mol. The zero-order chi connectivity index (χ0) is 15.8. The van der Waals surface area contributed by atoms with E-state index >= 15 is 0 Å². The topological polar surface area (TPSA) is 49.3 Å². The number of nitrogens with zero attached hydrogens (tertiary/aromatic N) is 2. The smallest absolute Gasteiger partial charge is 0.191 e. The fourth-order valence-corrected chi connectivity index (χ4v) is 2.90. The summed E-state index contributed by atoms with van der Waals surface area (Å²) in [5, 5.41) is 11.0. The molecule has 4 nitrogen and oxygen atoms in total. The molecule has 0 amide bonds. The molecule has 0 aliphatic heterocycles. The van der Waals surface area contributed by atoms with E-state index in [4.69, 9.17) is 0 Å². The van der Waals surface area contributed by atoms with Gasteiger partial charge >= 0.3 is 0 Å². The highest BCUT2D eigenvalue weighted by molar-refractivity contribution is 7.07. The summed E-state index contributed by atoms with van der Waals surface area (Å²) in [6, 6.07) is 6.35. The maximum absolute atomic E-state index is 4.31. The fraction of sp³-hybridized carbons (Fsp3) is 0.412. The third kappa shape index (κ3) is 5.15. The zero-order valence-electron chi connectivity index (χ0n) is 13.5. The largest absolute Gasteiger partial charge is 0.356 e. The second-order valence-electron chi connectivity index (χ2n) is 5.40. The van der Waals surface area contributed by atoms with Gasteiger partial charge in [-0.2, -0.15) is 11.3 Å². The van der Waals surface area contributed by atoms with Crippen molar-refractivity contribution in [2.75, 3.05) is 20.1 Å². The average Bonchev–Trinajstić information content (AvgIpc) is 3.06. The maximum Gasteiger partial charge on any atom is 0.191 e. The Kier molecular flexibility index (Phi) is 6.40. The van der Waals surface area contributed by atoms with Crippen LogP contribution in [0.15, 0.2) is 40.1 Å². The van der Waals surface area contributed by atoms with Gasteiger partial charge in [-0.15, -0.1) is 0 Å². The number of hydrogen-bond donors (Lipinski definition) is 2. The van der Waals surface area contributed by atoms with Gasteiger partial charge < -0.3 is 10.6 Å². The minimum absolute atomic E-state index is 0.478. The minimum atomic E-state index is 0.478. The lowest BCUT2D eigenvalue weighted by atomic mass is 10.1. The molecule has 0 aliphatic rings. The Bertz CT molecular complexity index is 575. The highest BCUT2D eigenvalue weighted by Gasteiger charge is 2.06. The van der Waals surface area contributed by atoms with Crippen LogP contribution in [0.5, 0.6) is 0 Å². The van der Waals surface area contributed by atoms with Crippen molar-refractivity contribution in [1.82, 2.24) is 15.6 Å². The molecule has 0 saturated heterocycles. The summed E-state index contributed by atoms with van der Waals surface area (Å²) < 4.78 is 0. The quantitative estimate of drug-likeness (QED) is 0.636. The Balaban J connectivity index is 1.72. The van der Waals surface area contributed by atoms with Crippen LogP contribution in [0.2, 0.25) is 0 Å². The first kappa shape index (κ1) is 16.5. The highest BCUT2D eigenvalue weighted by Crippen LogP contribution is 2.16. The van der Waals surface area contributed by atoms with E-state index in [1.807, 2.05) is 19.2 Å². The number of rotatable bonds is 6. The van der Waals surface area contributed by atoms with E-state index in [2.05, 4.69) is 50.4 Å². The van der Waals surface area contributed by atoms with Crippen molar-refractivity contribution in [1.29, 1.82) is 0 Å². The van der Waals surface area contributed by atoms with E-state index in [0.29, 0.717) is 5.92 Å². The fourth-order valence-electron chi connectivity index (χ4n) is 2.12. The molecule has 118 valence electrons. The number of guanidine groups is 1. The third-order valence-electron chi connectivity index (χ3n) is 3.59. The molecule has 0 saturated carbocycles. The summed E-state index contributed by atoms with van der Waals surface area (Å²) in [6.07, 6.45) is 2.87. The molecule has 1 atom stereocenters. The van der Waals surface area contributed by atoms with E-state index in [0.717, 1.165) is 31.2 Å². The van der Waals surface area contributed by atoms with Gasteiger partial charge in [-0.25, -0.2) is 0 Å². The Morgan fingerprint density at radius 1 is 1.32 bits per heavy atom. The Morgan fingerprint density at radius 2 is 2.18 bits per heavy atom. The molecule has 0 fully saturated rings. The molecular weight excluding hydrogens is 292 g/mol. The van der Waals surface area contributed by atoms with Crippen LogP contribution in [0.4, 0.5) is 0 Å². The first-order valence-electron chi connectivity index (χ1n) is 7.57. The summed E-state index contributed by atoms with van der Waals surface area (Å²) in [6.45, 7) is 5.95. The molecule has 0 radical (unpaired) electrons. The van der Waals surface area contributed by atoms with Crippen LogP contribution in [-0.4, -0.2) is 31.1 Å². The Morgan fingerprint density at radius 3 is 2.82 bits per heavy atom. The van der Waals surface area contributed by atoms with E-state index in [1.165, 1.54) is 11.1 Å². The van der Waals surface area contributed by atoms with Crippen molar-refractivity contribution in [2.45, 2.75) is 26.2 Å². The minimum Gasteiger partial charge on any atom is -0.356 e. The summed E-state index contributed by atoms with van der Waals surface area (Å²) >= 11 is 1.74. The van der Waals surface area contributed by atoms with Crippen LogP contribution >= 0.6 is 11.3 Å². The van der Waals surface area contributed by atoms with Gasteiger partial charge in [0.15, 0.2) is 5.96 Å². The number of aryl methyl sites for hydroxylation is 1. The number of hydrogen-bond acceptors (Lipinski definition) is 3. The molecule has 0 aromatic carbocycles. The maximum atomic E-state index is 4.31. The molecule has 2 heterocycles. The predicted molar refractivity (Wildman–Crippen MR) is 94.8 cm³/mol. The van der Waals surface area contributed by atoms with Crippen LogP contribution in [0.3, 0.4) is 0 Å². The van der Waals surface area contributed by atoms with Gasteiger partial charge in [-0.05, 0) is 53.3 Å². The van der Waals surface area contributed by atoms with Crippen molar-refractivity contribution < 1.29 is 0 Å². The zero-order valence-corrected chi connectivity index (χ0v) is 14.3. The molecule has 2 N–H and O–H groups in total. The summed E-state index contributed by atoms with van der Waals surface area (Å²) in [4.78, 5) is 8.58. The summed E-state index contributed by atoms with van der Waals surface area (Å²) in [7, 11) is 1.80. The number of aromatic nitrogens is 1. The molecular formula is C17H24N4S. The molecule has 0 spiro atoms.